The van der Waals surface area contributed by atoms with Gasteiger partial charge in [0.05, 0.1) is 16.8 Å². The minimum atomic E-state index is -0.161. The van der Waals surface area contributed by atoms with Crippen molar-refractivity contribution in [3.63, 3.8) is 0 Å². The molecule has 0 aromatic heterocycles. The van der Waals surface area contributed by atoms with E-state index in [0.717, 1.165) is 20.4 Å². The van der Waals surface area contributed by atoms with Crippen molar-refractivity contribution in [3.8, 4) is 11.5 Å². The van der Waals surface area contributed by atoms with Gasteiger partial charge in [0.25, 0.3) is 5.91 Å². The van der Waals surface area contributed by atoms with Gasteiger partial charge in [-0.25, -0.2) is 0 Å². The third-order valence-corrected chi connectivity index (χ3v) is 4.51. The third kappa shape index (κ3) is 4.20. The Bertz CT molecular complexity index is 744. The maximum absolute atomic E-state index is 12.6. The van der Waals surface area contributed by atoms with Gasteiger partial charge in [-0.2, -0.15) is 0 Å². The lowest BCUT2D eigenvalue weighted by atomic mass is 10.1. The molecule has 0 saturated heterocycles. The number of ether oxygens (including phenoxy) is 2. The highest BCUT2D eigenvalue weighted by Gasteiger charge is 2.16. The minimum Gasteiger partial charge on any atom is -0.490 e. The van der Waals surface area contributed by atoms with E-state index in [0.29, 0.717) is 30.3 Å². The van der Waals surface area contributed by atoms with Crippen molar-refractivity contribution < 1.29 is 14.3 Å². The van der Waals surface area contributed by atoms with Crippen molar-refractivity contribution in [3.05, 3.63) is 50.6 Å². The molecule has 0 heterocycles. The lowest BCUT2D eigenvalue weighted by Gasteiger charge is -2.15. The number of anilines is 1. The Labute approximate surface area is 156 Å². The highest BCUT2D eigenvalue weighted by molar-refractivity contribution is 14.1. The van der Waals surface area contributed by atoms with Gasteiger partial charge < -0.3 is 14.8 Å². The van der Waals surface area contributed by atoms with Crippen molar-refractivity contribution in [2.75, 3.05) is 18.5 Å². The molecule has 0 radical (unpaired) electrons. The van der Waals surface area contributed by atoms with Crippen LogP contribution in [0.4, 0.5) is 5.69 Å². The Kier molecular flexibility index (Phi) is 6.48. The minimum absolute atomic E-state index is 0.161. The molecule has 0 fully saturated rings. The largest absolute Gasteiger partial charge is 0.490 e. The van der Waals surface area contributed by atoms with Gasteiger partial charge in [0.1, 0.15) is 0 Å². The molecule has 0 unspecified atom stereocenters. The van der Waals surface area contributed by atoms with Crippen LogP contribution in [0.1, 0.15) is 35.3 Å². The first-order chi connectivity index (χ1) is 11.5. The second kappa shape index (κ2) is 8.37. The molecule has 128 valence electrons. The second-order valence-corrected chi connectivity index (χ2v) is 6.52. The van der Waals surface area contributed by atoms with Crippen LogP contribution in [0.15, 0.2) is 30.3 Å². The average molecular weight is 439 g/mol. The third-order valence-electron chi connectivity index (χ3n) is 3.71. The molecule has 2 aromatic rings. The first-order valence-electron chi connectivity index (χ1n) is 7.94. The van der Waals surface area contributed by atoms with Crippen LogP contribution in [0, 0.1) is 17.4 Å². The molecule has 24 heavy (non-hydrogen) atoms. The summed E-state index contributed by atoms with van der Waals surface area (Å²) in [5, 5.41) is 2.98. The van der Waals surface area contributed by atoms with Gasteiger partial charge in [0.15, 0.2) is 11.5 Å². The average Bonchev–Trinajstić information content (AvgIpc) is 2.55. The molecule has 0 spiro atoms. The molecular weight excluding hydrogens is 417 g/mol. The standard InChI is InChI=1S/C19H22INO3/c1-5-23-17-11-14(10-15(20)18(17)24-6-2)19(22)21-16-9-7-8-12(3)13(16)4/h7-11H,5-6H2,1-4H3,(H,21,22). The van der Waals surface area contributed by atoms with E-state index in [9.17, 15) is 4.79 Å². The zero-order valence-electron chi connectivity index (χ0n) is 14.4. The molecule has 5 heteroatoms. The normalized spacial score (nSPS) is 10.4. The maximum Gasteiger partial charge on any atom is 0.255 e. The number of carbonyl (C=O) groups is 1. The van der Waals surface area contributed by atoms with E-state index < -0.39 is 0 Å². The van der Waals surface area contributed by atoms with E-state index >= 15 is 0 Å². The summed E-state index contributed by atoms with van der Waals surface area (Å²) in [5.74, 6) is 1.12. The molecule has 0 aliphatic rings. The fourth-order valence-electron chi connectivity index (χ4n) is 2.33. The lowest BCUT2D eigenvalue weighted by molar-refractivity contribution is 0.102. The van der Waals surface area contributed by atoms with Gasteiger partial charge in [-0.05, 0) is 79.6 Å². The highest BCUT2D eigenvalue weighted by Crippen LogP contribution is 2.34. The zero-order valence-corrected chi connectivity index (χ0v) is 16.6. The summed E-state index contributed by atoms with van der Waals surface area (Å²) in [7, 11) is 0. The number of rotatable bonds is 6. The number of amides is 1. The number of aryl methyl sites for hydroxylation is 1. The van der Waals surface area contributed by atoms with E-state index in [4.69, 9.17) is 9.47 Å². The number of carbonyl (C=O) groups excluding carboxylic acids is 1. The van der Waals surface area contributed by atoms with Gasteiger partial charge in [-0.1, -0.05) is 12.1 Å². The van der Waals surface area contributed by atoms with Gasteiger partial charge in [0, 0.05) is 11.3 Å². The summed E-state index contributed by atoms with van der Waals surface area (Å²) >= 11 is 2.17. The van der Waals surface area contributed by atoms with Gasteiger partial charge in [-0.3, -0.25) is 4.79 Å². The molecular formula is C19H22INO3. The summed E-state index contributed by atoms with van der Waals surface area (Å²) in [6.45, 7) is 8.91. The number of hydrogen-bond donors (Lipinski definition) is 1. The van der Waals surface area contributed by atoms with Crippen molar-refractivity contribution in [2.24, 2.45) is 0 Å². The summed E-state index contributed by atoms with van der Waals surface area (Å²) in [5.41, 5.74) is 3.58. The molecule has 0 aliphatic heterocycles. The van der Waals surface area contributed by atoms with Crippen LogP contribution < -0.4 is 14.8 Å². The van der Waals surface area contributed by atoms with Crippen LogP contribution in [0.2, 0.25) is 0 Å². The summed E-state index contributed by atoms with van der Waals surface area (Å²) in [6.07, 6.45) is 0. The van der Waals surface area contributed by atoms with Crippen LogP contribution in [-0.4, -0.2) is 19.1 Å². The molecule has 0 bridgehead atoms. The number of benzene rings is 2. The quantitative estimate of drug-likeness (QED) is 0.648. The fourth-order valence-corrected chi connectivity index (χ4v) is 3.08. The van der Waals surface area contributed by atoms with Crippen LogP contribution in [0.5, 0.6) is 11.5 Å². The Morgan fingerprint density at radius 1 is 1.12 bits per heavy atom. The molecule has 4 nitrogen and oxygen atoms in total. The first-order valence-corrected chi connectivity index (χ1v) is 9.02. The topological polar surface area (TPSA) is 47.6 Å². The second-order valence-electron chi connectivity index (χ2n) is 5.35. The predicted molar refractivity (Wildman–Crippen MR) is 105 cm³/mol. The molecule has 1 N–H and O–H groups in total. The van der Waals surface area contributed by atoms with Gasteiger partial charge in [-0.15, -0.1) is 0 Å². The van der Waals surface area contributed by atoms with Crippen LogP contribution in [0.25, 0.3) is 0 Å². The van der Waals surface area contributed by atoms with E-state index in [1.165, 1.54) is 0 Å². The van der Waals surface area contributed by atoms with Gasteiger partial charge >= 0.3 is 0 Å². The Balaban J connectivity index is 2.33. The molecule has 0 saturated carbocycles. The van der Waals surface area contributed by atoms with E-state index in [-0.39, 0.29) is 5.91 Å². The maximum atomic E-state index is 12.6. The van der Waals surface area contributed by atoms with Crippen molar-refractivity contribution in [1.82, 2.24) is 0 Å². The predicted octanol–water partition coefficient (Wildman–Crippen LogP) is 4.96. The summed E-state index contributed by atoms with van der Waals surface area (Å²) in [4.78, 5) is 12.6. The smallest absolute Gasteiger partial charge is 0.255 e. The zero-order chi connectivity index (χ0) is 17.7. The molecule has 0 aliphatic carbocycles. The molecule has 2 aromatic carbocycles. The Morgan fingerprint density at radius 2 is 1.83 bits per heavy atom. The molecule has 1 amide bonds. The first kappa shape index (κ1) is 18.6. The summed E-state index contributed by atoms with van der Waals surface area (Å²) < 4.78 is 12.1. The monoisotopic (exact) mass is 439 g/mol. The van der Waals surface area contributed by atoms with Crippen LogP contribution in [0.3, 0.4) is 0 Å². The Hall–Kier alpha value is -1.76. The number of nitrogens with one attached hydrogen (secondary N) is 1. The van der Waals surface area contributed by atoms with E-state index in [1.807, 2.05) is 52.0 Å². The van der Waals surface area contributed by atoms with Crippen LogP contribution in [-0.2, 0) is 0 Å². The SMILES string of the molecule is CCOc1cc(C(=O)Nc2cccc(C)c2C)cc(I)c1OCC. The lowest BCUT2D eigenvalue weighted by Crippen LogP contribution is -2.14. The van der Waals surface area contributed by atoms with E-state index in [2.05, 4.69) is 27.9 Å². The molecule has 2 rings (SSSR count). The number of hydrogen-bond acceptors (Lipinski definition) is 3. The molecule has 0 atom stereocenters. The van der Waals surface area contributed by atoms with Crippen molar-refractivity contribution >= 4 is 34.2 Å². The van der Waals surface area contributed by atoms with E-state index in [1.54, 1.807) is 6.07 Å². The van der Waals surface area contributed by atoms with Crippen molar-refractivity contribution in [1.29, 1.82) is 0 Å². The fraction of sp³-hybridized carbons (Fsp3) is 0.316. The number of halogens is 1. The highest BCUT2D eigenvalue weighted by atomic mass is 127. The van der Waals surface area contributed by atoms with Gasteiger partial charge in [0.2, 0.25) is 0 Å². The van der Waals surface area contributed by atoms with Crippen molar-refractivity contribution in [2.45, 2.75) is 27.7 Å². The Morgan fingerprint density at radius 3 is 2.50 bits per heavy atom. The van der Waals surface area contributed by atoms with Crippen LogP contribution >= 0.6 is 22.6 Å². The summed E-state index contributed by atoms with van der Waals surface area (Å²) in [6, 6.07) is 9.42.